The van der Waals surface area contributed by atoms with E-state index in [4.69, 9.17) is 11.6 Å². The number of anilines is 1. The van der Waals surface area contributed by atoms with Crippen LogP contribution in [-0.2, 0) is 0 Å². The van der Waals surface area contributed by atoms with Crippen molar-refractivity contribution in [2.24, 2.45) is 0 Å². The molecule has 0 bridgehead atoms. The highest BCUT2D eigenvalue weighted by Gasteiger charge is 2.16. The Morgan fingerprint density at radius 2 is 0.615 bits per heavy atom. The fourth-order valence-electron chi connectivity index (χ4n) is 13.4. The van der Waals surface area contributed by atoms with E-state index < -0.39 is 0 Å². The van der Waals surface area contributed by atoms with Gasteiger partial charge in [0, 0.05) is 60.5 Å². The zero-order valence-corrected chi connectivity index (χ0v) is 68.7. The van der Waals surface area contributed by atoms with Crippen molar-refractivity contribution in [1.82, 2.24) is 15.0 Å². The quantitative estimate of drug-likeness (QED) is 0.109. The summed E-state index contributed by atoms with van der Waals surface area (Å²) in [6, 6.07) is 91.1. The zero-order chi connectivity index (χ0) is 77.3. The van der Waals surface area contributed by atoms with Crippen LogP contribution in [0.4, 0.5) is 5.69 Å². The third-order valence-electron chi connectivity index (χ3n) is 20.7. The van der Waals surface area contributed by atoms with Gasteiger partial charge in [0.2, 0.25) is 0 Å². The molecular weight excluding hydrogens is 1340 g/mol. The molecule has 14 rings (SSSR count). The van der Waals surface area contributed by atoms with Crippen molar-refractivity contribution < 1.29 is 0 Å². The lowest BCUT2D eigenvalue weighted by atomic mass is 9.83. The molecule has 4 heterocycles. The molecule has 1 saturated heterocycles. The third-order valence-corrected chi connectivity index (χ3v) is 21.1. The molecular formula is C104H127ClN4. The molecule has 0 amide bonds. The van der Waals surface area contributed by atoms with Crippen LogP contribution in [0.3, 0.4) is 0 Å². The Hall–Kier alpha value is -9.48. The molecule has 5 heteroatoms. The summed E-state index contributed by atoms with van der Waals surface area (Å²) in [5.41, 5.74) is 27.3. The van der Waals surface area contributed by atoms with Gasteiger partial charge in [-0.3, -0.25) is 15.0 Å². The Balaban J connectivity index is 0.000000177. The van der Waals surface area contributed by atoms with Crippen molar-refractivity contribution >= 4 is 17.3 Å². The van der Waals surface area contributed by atoms with Gasteiger partial charge in [0.1, 0.15) is 0 Å². The van der Waals surface area contributed by atoms with Crippen molar-refractivity contribution in [3.63, 3.8) is 0 Å². The number of hydrogen-bond acceptors (Lipinski definition) is 4. The lowest BCUT2D eigenvalue weighted by Crippen LogP contribution is -2.29. The van der Waals surface area contributed by atoms with E-state index in [2.05, 4.69) is 347 Å². The smallest absolute Gasteiger partial charge is 0.0435 e. The maximum absolute atomic E-state index is 6.03. The first kappa shape index (κ1) is 86.8. The number of hydrogen-bond donors (Lipinski definition) is 0. The summed E-state index contributed by atoms with van der Waals surface area (Å²) in [6.45, 7) is 37.7. The monoisotopic (exact) mass is 1470 g/mol. The predicted molar refractivity (Wildman–Crippen MR) is 477 cm³/mol. The summed E-state index contributed by atoms with van der Waals surface area (Å²) in [7, 11) is 0. The highest BCUT2D eigenvalue weighted by molar-refractivity contribution is 6.31. The molecule has 3 aromatic heterocycles. The standard InChI is InChI=1S/C16H17Cl.C15H17N.C15H22.C15H16.2C14H15N.C14H21N.CH4/c1-11(2)13-4-6-14(7-5-13)15-8-9-16(17)12(3)10-15;1-11(2)13-4-6-14(7-5-13)15-8-9-16-12(3)10-15;2*1-12(2)13-8-10-15(11-9-13)14-6-4-3-5-7-14;2*1-11(2)12-5-7-13(8-6-12)14-4-3-9-15-10-14;1-12(2)13-6-8-14(9-7-13)15-10-4-3-5-11-15;/h4-11H,1-3H3;4-11H,1-3H3;8-12,14H,3-7H2,1-2H3;3-12H,1-2H3;2*3-11H,1-2H3;6-9,12H,3-5,10-11H2,1-2H3;1H4. The molecule has 4 nitrogen and oxygen atoms in total. The second-order valence-electron chi connectivity index (χ2n) is 31.3. The molecule has 0 radical (unpaired) electrons. The molecule has 2 aliphatic rings. The number of aromatic nitrogens is 3. The molecule has 109 heavy (non-hydrogen) atoms. The van der Waals surface area contributed by atoms with Crippen LogP contribution in [0.25, 0.3) is 55.6 Å². The van der Waals surface area contributed by atoms with Gasteiger partial charge in [-0.25, -0.2) is 0 Å². The van der Waals surface area contributed by atoms with Crippen LogP contribution in [0.1, 0.15) is 259 Å². The van der Waals surface area contributed by atoms with Gasteiger partial charge in [0.15, 0.2) is 0 Å². The molecule has 0 unspecified atom stereocenters. The van der Waals surface area contributed by atoms with E-state index in [0.29, 0.717) is 41.4 Å². The van der Waals surface area contributed by atoms with Crippen LogP contribution >= 0.6 is 11.6 Å². The van der Waals surface area contributed by atoms with Crippen molar-refractivity contribution in [2.45, 2.75) is 217 Å². The molecule has 0 spiro atoms. The van der Waals surface area contributed by atoms with Crippen molar-refractivity contribution in [3.8, 4) is 55.6 Å². The van der Waals surface area contributed by atoms with Gasteiger partial charge in [0.25, 0.3) is 0 Å². The Labute approximate surface area is 665 Å². The lowest BCUT2D eigenvalue weighted by molar-refractivity contribution is 0.443. The second kappa shape index (κ2) is 45.5. The fourth-order valence-corrected chi connectivity index (χ4v) is 13.5. The van der Waals surface area contributed by atoms with Crippen LogP contribution in [0.15, 0.2) is 286 Å². The summed E-state index contributed by atoms with van der Waals surface area (Å²) < 4.78 is 0. The van der Waals surface area contributed by atoms with Crippen molar-refractivity contribution in [1.29, 1.82) is 0 Å². The minimum absolute atomic E-state index is 0. The average Bonchev–Trinajstić information content (AvgIpc) is 0.861. The molecule has 9 aromatic carbocycles. The molecule has 12 aromatic rings. The van der Waals surface area contributed by atoms with E-state index in [1.54, 1.807) is 18.0 Å². The fraction of sp³-hybridized carbons (Fsp3) is 0.337. The number of benzene rings is 9. The first-order valence-corrected chi connectivity index (χ1v) is 40.5. The summed E-state index contributed by atoms with van der Waals surface area (Å²) >= 11 is 6.03. The van der Waals surface area contributed by atoms with Crippen molar-refractivity contribution in [3.05, 3.63) is 347 Å². The van der Waals surface area contributed by atoms with Gasteiger partial charge < -0.3 is 4.90 Å². The Morgan fingerprint density at radius 1 is 0.303 bits per heavy atom. The molecule has 2 fully saturated rings. The Bertz CT molecular complexity index is 4160. The molecule has 1 aliphatic carbocycles. The topological polar surface area (TPSA) is 41.9 Å². The maximum atomic E-state index is 6.03. The molecule has 1 aliphatic heterocycles. The van der Waals surface area contributed by atoms with E-state index in [1.807, 2.05) is 56.7 Å². The second-order valence-corrected chi connectivity index (χ2v) is 31.7. The molecule has 0 N–H and O–H groups in total. The predicted octanol–water partition coefficient (Wildman–Crippen LogP) is 31.1. The number of piperidine rings is 1. The van der Waals surface area contributed by atoms with Crippen LogP contribution in [-0.4, -0.2) is 28.0 Å². The largest absolute Gasteiger partial charge is 0.372 e. The molecule has 1 saturated carbocycles. The SMILES string of the molecule is C.CC(C)c1ccc(-c2ccccc2)cc1.CC(C)c1ccc(-c2cccnc2)cc1.CC(C)c1ccc(-c2cccnc2)cc1.CC(C)c1ccc(C2CCCCC2)cc1.CC(C)c1ccc(N2CCCCC2)cc1.Cc1cc(-c2ccc(C(C)C)cc2)ccc1Cl.Cc1cc(-c2ccc(C(C)C)cc2)ccn1. The van der Waals surface area contributed by atoms with Crippen molar-refractivity contribution in [2.75, 3.05) is 18.0 Å². The van der Waals surface area contributed by atoms with Gasteiger partial charge in [-0.2, -0.15) is 0 Å². The summed E-state index contributed by atoms with van der Waals surface area (Å²) in [4.78, 5) is 15.0. The first-order chi connectivity index (χ1) is 52.1. The van der Waals surface area contributed by atoms with Gasteiger partial charge in [-0.1, -0.05) is 341 Å². The summed E-state index contributed by atoms with van der Waals surface area (Å²) in [5, 5.41) is 0.826. The van der Waals surface area contributed by atoms with Gasteiger partial charge >= 0.3 is 0 Å². The van der Waals surface area contributed by atoms with E-state index in [-0.39, 0.29) is 7.43 Å². The average molecular weight is 1470 g/mol. The number of aryl methyl sites for hydroxylation is 2. The van der Waals surface area contributed by atoms with Gasteiger partial charge in [0.05, 0.1) is 0 Å². The van der Waals surface area contributed by atoms with Crippen LogP contribution < -0.4 is 4.90 Å². The Morgan fingerprint density at radius 3 is 0.963 bits per heavy atom. The van der Waals surface area contributed by atoms with E-state index >= 15 is 0 Å². The number of rotatable bonds is 14. The number of nitrogens with zero attached hydrogens (tertiary/aromatic N) is 4. The van der Waals surface area contributed by atoms with Crippen LogP contribution in [0.2, 0.25) is 5.02 Å². The maximum Gasteiger partial charge on any atom is 0.0435 e. The molecule has 570 valence electrons. The van der Waals surface area contributed by atoms with E-state index in [9.17, 15) is 0 Å². The lowest BCUT2D eigenvalue weighted by Gasteiger charge is -2.29. The highest BCUT2D eigenvalue weighted by Crippen LogP contribution is 2.34. The number of halogens is 1. The van der Waals surface area contributed by atoms with E-state index in [0.717, 1.165) is 22.2 Å². The van der Waals surface area contributed by atoms with Gasteiger partial charge in [-0.15, -0.1) is 0 Å². The van der Waals surface area contributed by atoms with Crippen LogP contribution in [0, 0.1) is 13.8 Å². The third kappa shape index (κ3) is 28.5. The summed E-state index contributed by atoms with van der Waals surface area (Å²) in [6.07, 6.45) is 20.5. The first-order valence-electron chi connectivity index (χ1n) is 40.1. The zero-order valence-electron chi connectivity index (χ0n) is 68.0. The Kier molecular flexibility index (Phi) is 36.2. The molecule has 0 atom stereocenters. The minimum Gasteiger partial charge on any atom is -0.372 e. The minimum atomic E-state index is 0. The summed E-state index contributed by atoms with van der Waals surface area (Å²) in [5.74, 6) is 5.10. The highest BCUT2D eigenvalue weighted by atomic mass is 35.5. The van der Waals surface area contributed by atoms with Gasteiger partial charge in [-0.05, 0) is 248 Å². The van der Waals surface area contributed by atoms with Crippen LogP contribution in [0.5, 0.6) is 0 Å². The number of pyridine rings is 3. The van der Waals surface area contributed by atoms with E-state index in [1.165, 1.54) is 165 Å². The normalized spacial score (nSPS) is 12.5.